The van der Waals surface area contributed by atoms with Crippen molar-refractivity contribution in [2.45, 2.75) is 32.2 Å². The van der Waals surface area contributed by atoms with Crippen molar-refractivity contribution in [2.24, 2.45) is 0 Å². The highest BCUT2D eigenvalue weighted by atomic mass is 19.1. The standard InChI is InChI=1S/C21H25F2N5O/c1-12-9-17(24-2)28-21(26-12)27-16-10-14-6-8-29-20(14)18(19(16)23)13-3-4-15(11-22)25-7-5-13/h5,9-10,15,25H,3-4,6-8,11H2,1-2H3,(H2,24,26,27,28)/t15-/m0/s1. The van der Waals surface area contributed by atoms with Crippen molar-refractivity contribution < 1.29 is 13.5 Å². The van der Waals surface area contributed by atoms with Crippen molar-refractivity contribution in [1.82, 2.24) is 15.3 Å². The molecule has 29 heavy (non-hydrogen) atoms. The lowest BCUT2D eigenvalue weighted by molar-refractivity contribution is 0.353. The smallest absolute Gasteiger partial charge is 0.229 e. The van der Waals surface area contributed by atoms with Gasteiger partial charge < -0.3 is 20.7 Å². The Morgan fingerprint density at radius 2 is 2.14 bits per heavy atom. The SMILES string of the molecule is CNc1cc(C)nc(Nc2cc3c(c(C4=CCN[C@H](CF)CC4)c2F)OCC3)n1. The fourth-order valence-electron chi connectivity index (χ4n) is 3.80. The molecule has 1 atom stereocenters. The second kappa shape index (κ2) is 8.32. The minimum absolute atomic E-state index is 0.206. The predicted molar refractivity (Wildman–Crippen MR) is 110 cm³/mol. The fourth-order valence-corrected chi connectivity index (χ4v) is 3.80. The van der Waals surface area contributed by atoms with Crippen LogP contribution >= 0.6 is 0 Å². The number of fused-ring (bicyclic) bond motifs is 1. The molecule has 4 rings (SSSR count). The van der Waals surface area contributed by atoms with Gasteiger partial charge in [0, 0.05) is 43.4 Å². The van der Waals surface area contributed by atoms with Crippen LogP contribution in [0.2, 0.25) is 0 Å². The Morgan fingerprint density at radius 1 is 1.28 bits per heavy atom. The first-order chi connectivity index (χ1) is 14.1. The molecule has 0 spiro atoms. The lowest BCUT2D eigenvalue weighted by Crippen LogP contribution is -2.29. The zero-order valence-electron chi connectivity index (χ0n) is 16.6. The molecule has 0 radical (unpaired) electrons. The van der Waals surface area contributed by atoms with Crippen LogP contribution < -0.4 is 20.7 Å². The van der Waals surface area contributed by atoms with Gasteiger partial charge >= 0.3 is 0 Å². The van der Waals surface area contributed by atoms with Crippen molar-refractivity contribution >= 4 is 23.0 Å². The number of hydrogen-bond donors (Lipinski definition) is 3. The van der Waals surface area contributed by atoms with Crippen molar-refractivity contribution in [1.29, 1.82) is 0 Å². The monoisotopic (exact) mass is 401 g/mol. The van der Waals surface area contributed by atoms with Gasteiger partial charge in [-0.1, -0.05) is 6.08 Å². The van der Waals surface area contributed by atoms with Crippen molar-refractivity contribution in [3.63, 3.8) is 0 Å². The summed E-state index contributed by atoms with van der Waals surface area (Å²) in [7, 11) is 1.77. The summed E-state index contributed by atoms with van der Waals surface area (Å²) >= 11 is 0. The number of halogens is 2. The van der Waals surface area contributed by atoms with Gasteiger partial charge in [-0.2, -0.15) is 4.98 Å². The third-order valence-corrected chi connectivity index (χ3v) is 5.29. The number of nitrogens with one attached hydrogen (secondary N) is 3. The highest BCUT2D eigenvalue weighted by molar-refractivity contribution is 5.78. The average Bonchev–Trinajstić information content (AvgIpc) is 3.04. The predicted octanol–water partition coefficient (Wildman–Crippen LogP) is 3.75. The first kappa shape index (κ1) is 19.6. The van der Waals surface area contributed by atoms with Crippen LogP contribution in [0.1, 0.15) is 29.7 Å². The van der Waals surface area contributed by atoms with E-state index in [0.29, 0.717) is 61.2 Å². The highest BCUT2D eigenvalue weighted by Gasteiger charge is 2.27. The van der Waals surface area contributed by atoms with Crippen molar-refractivity contribution in [2.75, 3.05) is 37.5 Å². The summed E-state index contributed by atoms with van der Waals surface area (Å²) < 4.78 is 34.5. The molecule has 0 bridgehead atoms. The Morgan fingerprint density at radius 3 is 2.93 bits per heavy atom. The molecule has 1 aromatic carbocycles. The number of allylic oxidation sites excluding steroid dienone is 1. The van der Waals surface area contributed by atoms with Gasteiger partial charge in [0.15, 0.2) is 5.82 Å². The minimum Gasteiger partial charge on any atom is -0.492 e. The highest BCUT2D eigenvalue weighted by Crippen LogP contribution is 2.42. The third-order valence-electron chi connectivity index (χ3n) is 5.29. The normalized spacial score (nSPS) is 18.5. The van der Waals surface area contributed by atoms with E-state index in [4.69, 9.17) is 4.74 Å². The van der Waals surface area contributed by atoms with Crippen LogP contribution in [-0.4, -0.2) is 42.9 Å². The number of ether oxygens (including phenoxy) is 1. The molecule has 0 amide bonds. The van der Waals surface area contributed by atoms with Gasteiger partial charge in [-0.15, -0.1) is 0 Å². The Hall–Kier alpha value is -2.74. The second-order valence-electron chi connectivity index (χ2n) is 7.32. The Labute approximate surface area is 168 Å². The Balaban J connectivity index is 1.73. The summed E-state index contributed by atoms with van der Waals surface area (Å²) in [5.41, 5.74) is 3.34. The summed E-state index contributed by atoms with van der Waals surface area (Å²) in [6.45, 7) is 2.45. The second-order valence-corrected chi connectivity index (χ2v) is 7.32. The van der Waals surface area contributed by atoms with Gasteiger partial charge in [-0.05, 0) is 31.4 Å². The largest absolute Gasteiger partial charge is 0.492 e. The molecule has 154 valence electrons. The lowest BCUT2D eigenvalue weighted by atomic mass is 9.95. The van der Waals surface area contributed by atoms with Gasteiger partial charge in [-0.25, -0.2) is 13.8 Å². The molecule has 8 heteroatoms. The minimum atomic E-state index is -0.432. The molecule has 6 nitrogen and oxygen atoms in total. The van der Waals surface area contributed by atoms with Crippen LogP contribution in [0.5, 0.6) is 5.75 Å². The summed E-state index contributed by atoms with van der Waals surface area (Å²) in [6, 6.07) is 3.38. The van der Waals surface area contributed by atoms with Crippen LogP contribution in [0.3, 0.4) is 0 Å². The molecule has 2 aliphatic rings. The van der Waals surface area contributed by atoms with Gasteiger partial charge in [0.25, 0.3) is 0 Å². The fraction of sp³-hybridized carbons (Fsp3) is 0.429. The van der Waals surface area contributed by atoms with E-state index in [0.717, 1.165) is 16.8 Å². The number of aryl methyl sites for hydroxylation is 1. The van der Waals surface area contributed by atoms with Crippen LogP contribution in [0.4, 0.5) is 26.2 Å². The van der Waals surface area contributed by atoms with E-state index in [-0.39, 0.29) is 6.04 Å². The molecule has 0 saturated carbocycles. The zero-order chi connectivity index (χ0) is 20.4. The van der Waals surface area contributed by atoms with Gasteiger partial charge in [0.05, 0.1) is 17.9 Å². The quantitative estimate of drug-likeness (QED) is 0.709. The van der Waals surface area contributed by atoms with Crippen molar-refractivity contribution in [3.8, 4) is 5.75 Å². The summed E-state index contributed by atoms with van der Waals surface area (Å²) in [5, 5.41) is 9.15. The first-order valence-corrected chi connectivity index (χ1v) is 9.86. The van der Waals surface area contributed by atoms with E-state index < -0.39 is 12.5 Å². The molecule has 3 N–H and O–H groups in total. The molecule has 1 aromatic heterocycles. The summed E-state index contributed by atoms with van der Waals surface area (Å²) in [6.07, 6.45) is 3.85. The number of nitrogens with zero attached hydrogens (tertiary/aromatic N) is 2. The van der Waals surface area contributed by atoms with Crippen LogP contribution in [-0.2, 0) is 6.42 Å². The van der Waals surface area contributed by atoms with Crippen LogP contribution in [0.15, 0.2) is 18.2 Å². The Kier molecular flexibility index (Phi) is 5.62. The van der Waals surface area contributed by atoms with Crippen LogP contribution in [0, 0.1) is 12.7 Å². The van der Waals surface area contributed by atoms with E-state index >= 15 is 4.39 Å². The molecule has 2 aromatic rings. The van der Waals surface area contributed by atoms with Gasteiger partial charge in [-0.3, -0.25) is 0 Å². The number of hydrogen-bond acceptors (Lipinski definition) is 6. The molecule has 2 aliphatic heterocycles. The maximum Gasteiger partial charge on any atom is 0.229 e. The van der Waals surface area contributed by atoms with E-state index in [1.807, 2.05) is 19.1 Å². The molecule has 3 heterocycles. The molecular weight excluding hydrogens is 376 g/mol. The summed E-state index contributed by atoms with van der Waals surface area (Å²) in [4.78, 5) is 8.73. The van der Waals surface area contributed by atoms with Crippen molar-refractivity contribution in [3.05, 3.63) is 40.8 Å². The van der Waals surface area contributed by atoms with E-state index in [2.05, 4.69) is 25.9 Å². The van der Waals surface area contributed by atoms with E-state index in [1.165, 1.54) is 0 Å². The van der Waals surface area contributed by atoms with E-state index in [1.54, 1.807) is 13.1 Å². The zero-order valence-corrected chi connectivity index (χ0v) is 16.6. The number of benzene rings is 1. The molecule has 0 unspecified atom stereocenters. The third kappa shape index (κ3) is 4.03. The summed E-state index contributed by atoms with van der Waals surface area (Å²) in [5.74, 6) is 1.18. The topological polar surface area (TPSA) is 71.1 Å². The average molecular weight is 401 g/mol. The van der Waals surface area contributed by atoms with Gasteiger partial charge in [0.2, 0.25) is 5.95 Å². The molecule has 0 aliphatic carbocycles. The molecular formula is C21H25F2N5O. The maximum atomic E-state index is 15.6. The number of alkyl halides is 1. The van der Waals surface area contributed by atoms with Crippen LogP contribution in [0.25, 0.3) is 5.57 Å². The molecule has 0 fully saturated rings. The number of rotatable bonds is 5. The first-order valence-electron chi connectivity index (χ1n) is 9.86. The number of anilines is 3. The van der Waals surface area contributed by atoms with E-state index in [9.17, 15) is 4.39 Å². The Bertz CT molecular complexity index is 947. The molecule has 0 saturated heterocycles. The number of aromatic nitrogens is 2. The lowest BCUT2D eigenvalue weighted by Gasteiger charge is -2.17. The van der Waals surface area contributed by atoms with Gasteiger partial charge in [0.1, 0.15) is 18.2 Å². The maximum absolute atomic E-state index is 15.6.